The second-order valence-electron chi connectivity index (χ2n) is 19.9. The molecule has 4 amide bonds. The number of carbonyl (C=O) groups excluding carboxylic acids is 3. The van der Waals surface area contributed by atoms with Crippen LogP contribution >= 0.6 is 11.3 Å². The Labute approximate surface area is 459 Å². The number of dihydropyridines is 1. The van der Waals surface area contributed by atoms with Crippen LogP contribution in [0.15, 0.2) is 89.2 Å². The van der Waals surface area contributed by atoms with Gasteiger partial charge in [-0.2, -0.15) is 5.17 Å². The second kappa shape index (κ2) is 28.3. The summed E-state index contributed by atoms with van der Waals surface area (Å²) in [5.41, 5.74) is 4.42. The van der Waals surface area contributed by atoms with Gasteiger partial charge in [0, 0.05) is 51.4 Å². The number of hydrogen-bond donors (Lipinski definition) is 6. The predicted octanol–water partition coefficient (Wildman–Crippen LogP) is 3.26. The lowest BCUT2D eigenvalue weighted by atomic mass is 9.82. The molecule has 6 N–H and O–H groups in total. The number of ether oxygens (including phenoxy) is 6. The summed E-state index contributed by atoms with van der Waals surface area (Å²) in [6, 6.07) is 11.0. The van der Waals surface area contributed by atoms with Gasteiger partial charge >= 0.3 is 6.09 Å². The number of aliphatic hydroxyl groups is 1. The number of benzene rings is 2. The number of thiazole rings is 1. The Balaban J connectivity index is 0.806. The van der Waals surface area contributed by atoms with Gasteiger partial charge in [-0.1, -0.05) is 57.2 Å². The Hall–Kier alpha value is -6.64. The summed E-state index contributed by atoms with van der Waals surface area (Å²) in [6.45, 7) is 10.4. The Morgan fingerprint density at radius 1 is 0.923 bits per heavy atom. The van der Waals surface area contributed by atoms with Crippen molar-refractivity contribution in [2.24, 2.45) is 10.4 Å². The van der Waals surface area contributed by atoms with Gasteiger partial charge in [-0.05, 0) is 54.0 Å². The number of nitrogens with one attached hydrogen (secondary N) is 4. The van der Waals surface area contributed by atoms with Gasteiger partial charge in [0.1, 0.15) is 37.5 Å². The minimum Gasteiger partial charge on any atom is -0.493 e. The van der Waals surface area contributed by atoms with Crippen LogP contribution in [0.3, 0.4) is 0 Å². The Morgan fingerprint density at radius 3 is 2.27 bits per heavy atom. The normalized spacial score (nSPS) is 20.5. The van der Waals surface area contributed by atoms with Gasteiger partial charge in [0.25, 0.3) is 0 Å². The van der Waals surface area contributed by atoms with E-state index in [1.54, 1.807) is 54.6 Å². The molecule has 0 spiro atoms. The first-order valence-corrected chi connectivity index (χ1v) is 26.8. The van der Waals surface area contributed by atoms with Gasteiger partial charge in [0.15, 0.2) is 11.5 Å². The highest BCUT2D eigenvalue weighted by Gasteiger charge is 2.48. The number of aryl methyl sites for hydroxylation is 1. The topological polar surface area (TPSA) is 260 Å². The van der Waals surface area contributed by atoms with Crippen molar-refractivity contribution >= 4 is 47.1 Å². The number of methoxy groups -OCH3 is 2. The molecule has 0 bridgehead atoms. The molecule has 0 saturated carbocycles. The summed E-state index contributed by atoms with van der Waals surface area (Å²) >= 11 is 1.56. The number of likely N-dealkylation sites (tertiary alicyclic amines) is 1. The molecule has 2 unspecified atom stereocenters. The standard InChI is InChI=1S/C54H74N10O13S/c1-37-48(78-36-58-37)39-11-9-38(10-12-39)31-57-50(67)42-30-41(65)32-62(42)51(68)49(53(2,3)4)60-47(66)34-76-26-25-74-22-21-73-23-24-75-27-28-77-64(40-13-14-43(71-5)44(29-40)72-6)63-35-55-18-15-46(63)54(16-7-8-17-59-54)45-33-61(52(69)70)20-19-56-45/h7-18,29,36,41-42,45,49,56,59,65H,19-28,30-35H2,1-6H3,(H,57,67)(H,60,66)(H,69,70)/t41-,42+,45?,49-,54?/m1/s1. The lowest BCUT2D eigenvalue weighted by Crippen LogP contribution is -2.69. The molecule has 7 rings (SSSR count). The summed E-state index contributed by atoms with van der Waals surface area (Å²) < 4.78 is 33.9. The number of anilines is 1. The second-order valence-corrected chi connectivity index (χ2v) is 20.7. The van der Waals surface area contributed by atoms with Crippen LogP contribution in [-0.2, 0) is 44.7 Å². The summed E-state index contributed by atoms with van der Waals surface area (Å²) in [5, 5.41) is 36.8. The van der Waals surface area contributed by atoms with Crippen LogP contribution in [0.2, 0.25) is 0 Å². The third-order valence-corrected chi connectivity index (χ3v) is 14.4. The molecule has 4 aliphatic heterocycles. The largest absolute Gasteiger partial charge is 0.493 e. The number of amides is 4. The van der Waals surface area contributed by atoms with Crippen LogP contribution in [-0.4, -0.2) is 196 Å². The number of rotatable bonds is 27. The number of β-amino-alcohol motifs (C(OH)–C–C–N with tert-alkyl or cyclic N) is 1. The van der Waals surface area contributed by atoms with Crippen LogP contribution in [0.4, 0.5) is 10.5 Å². The van der Waals surface area contributed by atoms with Crippen LogP contribution in [0.25, 0.3) is 10.4 Å². The zero-order chi connectivity index (χ0) is 55.7. The quantitative estimate of drug-likeness (QED) is 0.0473. The molecule has 24 heteroatoms. The zero-order valence-corrected chi connectivity index (χ0v) is 46.0. The van der Waals surface area contributed by atoms with E-state index < -0.39 is 47.0 Å². The minimum absolute atomic E-state index is 0.0343. The Bertz CT molecular complexity index is 2610. The lowest BCUT2D eigenvalue weighted by Gasteiger charge is -2.50. The van der Waals surface area contributed by atoms with E-state index in [2.05, 4.69) is 31.2 Å². The zero-order valence-electron chi connectivity index (χ0n) is 45.2. The Kier molecular flexibility index (Phi) is 21.4. The number of hydrogen-bond acceptors (Lipinski definition) is 19. The number of aliphatic hydroxyl groups excluding tert-OH is 1. The number of allylic oxidation sites excluding steroid dienone is 3. The molecule has 2 saturated heterocycles. The average molecular weight is 1100 g/mol. The van der Waals surface area contributed by atoms with Gasteiger partial charge in [-0.25, -0.2) is 14.8 Å². The number of aliphatic imine (C=N–C) groups is 1. The van der Waals surface area contributed by atoms with Crippen molar-refractivity contribution in [3.8, 4) is 21.9 Å². The molecule has 78 heavy (non-hydrogen) atoms. The molecule has 2 fully saturated rings. The van der Waals surface area contributed by atoms with E-state index in [0.717, 1.165) is 27.4 Å². The van der Waals surface area contributed by atoms with E-state index in [1.165, 1.54) is 9.80 Å². The first kappa shape index (κ1) is 59.0. The van der Waals surface area contributed by atoms with Gasteiger partial charge < -0.3 is 69.7 Å². The van der Waals surface area contributed by atoms with Crippen molar-refractivity contribution in [3.05, 3.63) is 95.4 Å². The van der Waals surface area contributed by atoms with Gasteiger partial charge in [0.05, 0.1) is 100 Å². The van der Waals surface area contributed by atoms with E-state index in [0.29, 0.717) is 36.9 Å². The van der Waals surface area contributed by atoms with E-state index in [9.17, 15) is 29.4 Å². The first-order chi connectivity index (χ1) is 37.6. The summed E-state index contributed by atoms with van der Waals surface area (Å²) in [4.78, 5) is 71.9. The average Bonchev–Trinajstić information content (AvgIpc) is 4.08. The van der Waals surface area contributed by atoms with E-state index in [1.807, 2.05) is 93.5 Å². The number of nitrogens with zero attached hydrogens (tertiary/aromatic N) is 6. The third-order valence-electron chi connectivity index (χ3n) is 13.4. The lowest BCUT2D eigenvalue weighted by molar-refractivity contribution is -0.144. The van der Waals surface area contributed by atoms with Crippen LogP contribution < -0.4 is 35.9 Å². The van der Waals surface area contributed by atoms with Gasteiger partial charge in [-0.3, -0.25) is 24.2 Å². The maximum absolute atomic E-state index is 14.0. The van der Waals surface area contributed by atoms with E-state index in [4.69, 9.17) is 33.3 Å². The molecule has 4 aliphatic rings. The summed E-state index contributed by atoms with van der Waals surface area (Å²) in [6.07, 6.45) is 9.47. The Morgan fingerprint density at radius 2 is 1.63 bits per heavy atom. The highest BCUT2D eigenvalue weighted by atomic mass is 32.1. The number of piperazine rings is 1. The van der Waals surface area contributed by atoms with E-state index in [-0.39, 0.29) is 97.5 Å². The fourth-order valence-corrected chi connectivity index (χ4v) is 10.2. The van der Waals surface area contributed by atoms with Gasteiger partial charge in [0.2, 0.25) is 17.7 Å². The van der Waals surface area contributed by atoms with Crippen molar-refractivity contribution in [1.82, 2.24) is 41.1 Å². The molecular weight excluding hydrogens is 1030 g/mol. The molecule has 2 aromatic carbocycles. The third kappa shape index (κ3) is 15.3. The van der Waals surface area contributed by atoms with Crippen molar-refractivity contribution in [1.29, 1.82) is 0 Å². The van der Waals surface area contributed by atoms with Crippen LogP contribution in [0.5, 0.6) is 11.5 Å². The number of aromatic nitrogens is 1. The van der Waals surface area contributed by atoms with Crippen LogP contribution in [0.1, 0.15) is 38.4 Å². The minimum atomic E-state index is -0.992. The highest BCUT2D eigenvalue weighted by molar-refractivity contribution is 7.13. The summed E-state index contributed by atoms with van der Waals surface area (Å²) in [5.74, 6) is -0.334. The van der Waals surface area contributed by atoms with Crippen molar-refractivity contribution < 1.29 is 62.6 Å². The molecule has 23 nitrogen and oxygen atoms in total. The smallest absolute Gasteiger partial charge is 0.407 e. The van der Waals surface area contributed by atoms with Crippen molar-refractivity contribution in [2.75, 3.05) is 112 Å². The SMILES string of the molecule is COc1ccc(N(OCCOCCOCCOCCOCC(=O)N[C@H](C(=O)N2C[C@H](O)C[C@H]2C(=O)NCc2ccc(-c3scnc3C)cc2)C(C)(C)C)N2CN=CC=C2C2(C3CN(C(=O)O)CCN3)C=CC=CN2)cc1OC. The number of carboxylic acid groups (broad SMARTS) is 1. The maximum atomic E-state index is 14.0. The monoisotopic (exact) mass is 1100 g/mol. The highest BCUT2D eigenvalue weighted by Crippen LogP contribution is 2.37. The molecule has 1 aromatic heterocycles. The number of carbonyl (C=O) groups is 4. The molecule has 5 atom stereocenters. The molecule has 424 valence electrons. The van der Waals surface area contributed by atoms with Crippen molar-refractivity contribution in [2.45, 2.75) is 70.4 Å². The molecule has 3 aromatic rings. The van der Waals surface area contributed by atoms with Crippen molar-refractivity contribution in [3.63, 3.8) is 0 Å². The fraction of sp³-hybridized carbons (Fsp3) is 0.519. The molecule has 0 aliphatic carbocycles. The predicted molar refractivity (Wildman–Crippen MR) is 292 cm³/mol. The first-order valence-electron chi connectivity index (χ1n) is 26.0. The number of hydrazine groups is 1. The van der Waals surface area contributed by atoms with Crippen LogP contribution in [0, 0.1) is 12.3 Å². The van der Waals surface area contributed by atoms with E-state index >= 15 is 0 Å². The molecule has 5 heterocycles. The maximum Gasteiger partial charge on any atom is 0.407 e. The molecular formula is C54H74N10O13S. The molecule has 0 radical (unpaired) electrons. The fourth-order valence-electron chi connectivity index (χ4n) is 9.41. The summed E-state index contributed by atoms with van der Waals surface area (Å²) in [7, 11) is 3.12. The van der Waals surface area contributed by atoms with Gasteiger partial charge in [-0.15, -0.1) is 11.3 Å².